The third-order valence-electron chi connectivity index (χ3n) is 3.15. The Morgan fingerprint density at radius 2 is 2.31 bits per heavy atom. The van der Waals surface area contributed by atoms with Crippen LogP contribution in [0.2, 0.25) is 0 Å². The number of pyridine rings is 1. The lowest BCUT2D eigenvalue weighted by Gasteiger charge is -2.44. The molecule has 0 radical (unpaired) electrons. The molecule has 1 unspecified atom stereocenters. The minimum absolute atomic E-state index is 0.344. The third-order valence-corrected chi connectivity index (χ3v) is 3.15. The summed E-state index contributed by atoms with van der Waals surface area (Å²) in [7, 11) is 2.10. The van der Waals surface area contributed by atoms with Crippen LogP contribution in [0.5, 0.6) is 0 Å². The average molecular weight is 218 g/mol. The molecule has 1 aromatic rings. The highest BCUT2D eigenvalue weighted by molar-refractivity contribution is 5.20. The van der Waals surface area contributed by atoms with E-state index in [-0.39, 0.29) is 5.72 Å². The predicted molar refractivity (Wildman–Crippen MR) is 63.9 cm³/mol. The van der Waals surface area contributed by atoms with E-state index in [4.69, 9.17) is 4.74 Å². The smallest absolute Gasteiger partial charge is 0.151 e. The van der Waals surface area contributed by atoms with Gasteiger partial charge in [-0.05, 0) is 25.6 Å². The molecule has 2 heterocycles. The first-order chi connectivity index (χ1) is 7.79. The highest BCUT2D eigenvalue weighted by Gasteiger charge is 2.38. The van der Waals surface area contributed by atoms with Gasteiger partial charge in [-0.2, -0.15) is 0 Å². The quantitative estimate of drug-likeness (QED) is 0.727. The Morgan fingerprint density at radius 1 is 1.56 bits per heavy atom. The van der Waals surface area contributed by atoms with Gasteiger partial charge in [0.15, 0.2) is 5.72 Å². The molecule has 0 aliphatic carbocycles. The van der Waals surface area contributed by atoms with Crippen molar-refractivity contribution in [3.05, 3.63) is 42.7 Å². The maximum absolute atomic E-state index is 6.03. The molecule has 2 rings (SSSR count). The van der Waals surface area contributed by atoms with Gasteiger partial charge in [0, 0.05) is 30.9 Å². The summed E-state index contributed by atoms with van der Waals surface area (Å²) < 4.78 is 6.03. The Hall–Kier alpha value is -1.19. The molecule has 0 N–H and O–H groups in total. The van der Waals surface area contributed by atoms with Gasteiger partial charge < -0.3 is 4.74 Å². The molecule has 16 heavy (non-hydrogen) atoms. The monoisotopic (exact) mass is 218 g/mol. The number of rotatable bonds is 3. The van der Waals surface area contributed by atoms with Gasteiger partial charge in [0.1, 0.15) is 0 Å². The molecular weight excluding hydrogens is 200 g/mol. The first kappa shape index (κ1) is 11.3. The zero-order chi connectivity index (χ0) is 11.4. The van der Waals surface area contributed by atoms with Crippen LogP contribution in [-0.4, -0.2) is 30.1 Å². The Kier molecular flexibility index (Phi) is 3.36. The average Bonchev–Trinajstić information content (AvgIpc) is 2.34. The van der Waals surface area contributed by atoms with Crippen molar-refractivity contribution in [2.24, 2.45) is 0 Å². The molecule has 1 atom stereocenters. The summed E-state index contributed by atoms with van der Waals surface area (Å²) in [5.41, 5.74) is 0.813. The fraction of sp³-hybridized carbons (Fsp3) is 0.462. The second-order valence-electron chi connectivity index (χ2n) is 4.14. The lowest BCUT2D eigenvalue weighted by Crippen LogP contribution is -2.50. The van der Waals surface area contributed by atoms with Crippen LogP contribution in [0.25, 0.3) is 0 Å². The number of nitrogens with zero attached hydrogens (tertiary/aromatic N) is 2. The second-order valence-corrected chi connectivity index (χ2v) is 4.14. The van der Waals surface area contributed by atoms with E-state index in [0.717, 1.165) is 31.6 Å². The zero-order valence-corrected chi connectivity index (χ0v) is 9.72. The van der Waals surface area contributed by atoms with Gasteiger partial charge in [-0.1, -0.05) is 6.08 Å². The molecule has 1 fully saturated rings. The number of hydrogen-bond acceptors (Lipinski definition) is 3. The van der Waals surface area contributed by atoms with Crippen molar-refractivity contribution < 1.29 is 4.74 Å². The summed E-state index contributed by atoms with van der Waals surface area (Å²) in [6, 6.07) is 4.04. The SMILES string of the molecule is C=CCC1(c2ccncc2)OCCCN1C. The summed E-state index contributed by atoms with van der Waals surface area (Å²) in [4.78, 5) is 6.31. The first-order valence-corrected chi connectivity index (χ1v) is 5.66. The molecule has 1 saturated heterocycles. The lowest BCUT2D eigenvalue weighted by atomic mass is 9.97. The number of hydrogen-bond donors (Lipinski definition) is 0. The van der Waals surface area contributed by atoms with Gasteiger partial charge in [0.25, 0.3) is 0 Å². The first-order valence-electron chi connectivity index (χ1n) is 5.66. The summed E-state index contributed by atoms with van der Waals surface area (Å²) in [6.07, 6.45) is 7.42. The standard InChI is InChI=1S/C13H18N2O/c1-3-7-13(12-5-8-14-9-6-12)15(2)10-4-11-16-13/h3,5-6,8-9H,1,4,7,10-11H2,2H3. The van der Waals surface area contributed by atoms with Gasteiger partial charge in [-0.3, -0.25) is 9.88 Å². The molecular formula is C13H18N2O. The molecule has 0 aromatic carbocycles. The Morgan fingerprint density at radius 3 is 2.94 bits per heavy atom. The summed E-state index contributed by atoms with van der Waals surface area (Å²) in [5, 5.41) is 0. The maximum Gasteiger partial charge on any atom is 0.151 e. The highest BCUT2D eigenvalue weighted by atomic mass is 16.5. The van der Waals surface area contributed by atoms with Crippen LogP contribution in [0.1, 0.15) is 18.4 Å². The van der Waals surface area contributed by atoms with Crippen molar-refractivity contribution >= 4 is 0 Å². The third kappa shape index (κ3) is 1.88. The van der Waals surface area contributed by atoms with Crippen LogP contribution in [0, 0.1) is 0 Å². The molecule has 1 aromatic heterocycles. The van der Waals surface area contributed by atoms with E-state index in [9.17, 15) is 0 Å². The molecule has 0 bridgehead atoms. The summed E-state index contributed by atoms with van der Waals surface area (Å²) >= 11 is 0. The fourth-order valence-electron chi connectivity index (χ4n) is 2.28. The van der Waals surface area contributed by atoms with E-state index >= 15 is 0 Å². The lowest BCUT2D eigenvalue weighted by molar-refractivity contribution is -0.182. The normalized spacial score (nSPS) is 26.6. The van der Waals surface area contributed by atoms with Crippen molar-refractivity contribution in [3.8, 4) is 0 Å². The van der Waals surface area contributed by atoms with Crippen LogP contribution < -0.4 is 0 Å². The van der Waals surface area contributed by atoms with Crippen LogP contribution in [-0.2, 0) is 10.5 Å². The molecule has 86 valence electrons. The predicted octanol–water partition coefficient (Wildman–Crippen LogP) is 2.16. The Bertz CT molecular complexity index is 352. The van der Waals surface area contributed by atoms with Gasteiger partial charge in [-0.25, -0.2) is 0 Å². The number of aromatic nitrogens is 1. The molecule has 1 aliphatic heterocycles. The van der Waals surface area contributed by atoms with Crippen LogP contribution >= 0.6 is 0 Å². The van der Waals surface area contributed by atoms with Crippen molar-refractivity contribution in [2.75, 3.05) is 20.2 Å². The number of ether oxygens (including phenoxy) is 1. The molecule has 0 saturated carbocycles. The van der Waals surface area contributed by atoms with E-state index in [1.54, 1.807) is 0 Å². The second kappa shape index (κ2) is 4.76. The molecule has 0 amide bonds. The van der Waals surface area contributed by atoms with Gasteiger partial charge in [-0.15, -0.1) is 6.58 Å². The molecule has 0 spiro atoms. The zero-order valence-electron chi connectivity index (χ0n) is 9.72. The van der Waals surface area contributed by atoms with E-state index in [0.29, 0.717) is 0 Å². The van der Waals surface area contributed by atoms with Crippen molar-refractivity contribution in [1.29, 1.82) is 0 Å². The largest absolute Gasteiger partial charge is 0.356 e. The topological polar surface area (TPSA) is 25.4 Å². The van der Waals surface area contributed by atoms with E-state index in [1.165, 1.54) is 0 Å². The van der Waals surface area contributed by atoms with Gasteiger partial charge in [0.05, 0.1) is 6.61 Å². The van der Waals surface area contributed by atoms with Crippen LogP contribution in [0.15, 0.2) is 37.2 Å². The van der Waals surface area contributed by atoms with Crippen LogP contribution in [0.3, 0.4) is 0 Å². The molecule has 3 nitrogen and oxygen atoms in total. The summed E-state index contributed by atoms with van der Waals surface area (Å²) in [5.74, 6) is 0. The van der Waals surface area contributed by atoms with Gasteiger partial charge >= 0.3 is 0 Å². The molecule has 3 heteroatoms. The minimum Gasteiger partial charge on any atom is -0.356 e. The van der Waals surface area contributed by atoms with Gasteiger partial charge in [0.2, 0.25) is 0 Å². The van der Waals surface area contributed by atoms with Crippen molar-refractivity contribution in [2.45, 2.75) is 18.6 Å². The van der Waals surface area contributed by atoms with Crippen LogP contribution in [0.4, 0.5) is 0 Å². The van der Waals surface area contributed by atoms with Crippen molar-refractivity contribution in [3.63, 3.8) is 0 Å². The summed E-state index contributed by atoms with van der Waals surface area (Å²) in [6.45, 7) is 5.70. The van der Waals surface area contributed by atoms with E-state index in [2.05, 4.69) is 23.5 Å². The van der Waals surface area contributed by atoms with E-state index in [1.807, 2.05) is 30.6 Å². The Balaban J connectivity index is 2.37. The maximum atomic E-state index is 6.03. The van der Waals surface area contributed by atoms with E-state index < -0.39 is 0 Å². The fourth-order valence-corrected chi connectivity index (χ4v) is 2.28. The minimum atomic E-state index is -0.344. The molecule has 1 aliphatic rings. The Labute approximate surface area is 96.7 Å². The highest BCUT2D eigenvalue weighted by Crippen LogP contribution is 2.35. The van der Waals surface area contributed by atoms with Crippen molar-refractivity contribution in [1.82, 2.24) is 9.88 Å².